The Balaban J connectivity index is 1.95. The van der Waals surface area contributed by atoms with Crippen molar-refractivity contribution in [2.75, 3.05) is 7.11 Å². The van der Waals surface area contributed by atoms with Crippen LogP contribution >= 0.6 is 0 Å². The summed E-state index contributed by atoms with van der Waals surface area (Å²) in [5, 5.41) is 3.51. The Morgan fingerprint density at radius 1 is 1.14 bits per heavy atom. The van der Waals surface area contributed by atoms with Gasteiger partial charge in [0.1, 0.15) is 0 Å². The Kier molecular flexibility index (Phi) is 6.23. The van der Waals surface area contributed by atoms with Gasteiger partial charge in [-0.05, 0) is 30.5 Å². The summed E-state index contributed by atoms with van der Waals surface area (Å²) in [6.45, 7) is -2.18. The van der Waals surface area contributed by atoms with Gasteiger partial charge in [0.15, 0.2) is 11.5 Å². The highest BCUT2D eigenvalue weighted by Crippen LogP contribution is 2.29. The van der Waals surface area contributed by atoms with E-state index in [-0.39, 0.29) is 5.75 Å². The highest BCUT2D eigenvalue weighted by atomic mass is 19.3. The first-order valence-electron chi connectivity index (χ1n) is 7.54. The second kappa shape index (κ2) is 8.17. The Morgan fingerprint density at radius 3 is 2.48 bits per heavy atom. The summed E-state index contributed by atoms with van der Waals surface area (Å²) in [7, 11) is 1.44. The number of hydrogen-bond acceptors (Lipinski definition) is 3. The van der Waals surface area contributed by atoms with Gasteiger partial charge in [0.05, 0.1) is 7.11 Å². The Labute approximate surface area is 124 Å². The highest BCUT2D eigenvalue weighted by molar-refractivity contribution is 5.43. The topological polar surface area (TPSA) is 30.5 Å². The molecule has 0 amide bonds. The lowest BCUT2D eigenvalue weighted by Gasteiger charge is -2.17. The predicted octanol–water partition coefficient (Wildman–Crippen LogP) is 4.11. The first-order valence-corrected chi connectivity index (χ1v) is 7.54. The third kappa shape index (κ3) is 5.16. The van der Waals surface area contributed by atoms with E-state index in [9.17, 15) is 8.78 Å². The minimum atomic E-state index is -2.84. The molecule has 0 atom stereocenters. The van der Waals surface area contributed by atoms with E-state index in [1.54, 1.807) is 12.1 Å². The smallest absolute Gasteiger partial charge is 0.387 e. The molecule has 0 aromatic heterocycles. The van der Waals surface area contributed by atoms with Crippen molar-refractivity contribution >= 4 is 0 Å². The zero-order valence-corrected chi connectivity index (χ0v) is 12.4. The lowest BCUT2D eigenvalue weighted by molar-refractivity contribution is -0.0512. The quantitative estimate of drug-likeness (QED) is 0.802. The third-order valence-corrected chi connectivity index (χ3v) is 3.89. The van der Waals surface area contributed by atoms with E-state index >= 15 is 0 Å². The molecule has 0 bridgehead atoms. The van der Waals surface area contributed by atoms with Crippen LogP contribution in [-0.2, 0) is 6.54 Å². The summed E-state index contributed by atoms with van der Waals surface area (Å²) < 4.78 is 34.3. The molecule has 1 saturated carbocycles. The molecule has 1 aromatic carbocycles. The maximum atomic E-state index is 12.4. The second-order valence-electron chi connectivity index (χ2n) is 5.43. The highest BCUT2D eigenvalue weighted by Gasteiger charge is 2.14. The van der Waals surface area contributed by atoms with E-state index in [1.165, 1.54) is 45.6 Å². The van der Waals surface area contributed by atoms with E-state index in [0.29, 0.717) is 18.3 Å². The average Bonchev–Trinajstić information content (AvgIpc) is 2.73. The fourth-order valence-electron chi connectivity index (χ4n) is 2.76. The van der Waals surface area contributed by atoms with Gasteiger partial charge in [-0.2, -0.15) is 8.78 Å². The number of nitrogens with one attached hydrogen (secondary N) is 1. The van der Waals surface area contributed by atoms with Gasteiger partial charge < -0.3 is 14.8 Å². The molecule has 1 N–H and O–H groups in total. The fraction of sp³-hybridized carbons (Fsp3) is 0.625. The standard InChI is InChI=1S/C16H23F2NO2/c1-20-14-9-8-12(10-15(14)21-16(17)18)11-19-13-6-4-2-3-5-7-13/h8-10,13,16,19H,2-7,11H2,1H3. The molecule has 21 heavy (non-hydrogen) atoms. The number of hydrogen-bond donors (Lipinski definition) is 1. The predicted molar refractivity (Wildman–Crippen MR) is 78.0 cm³/mol. The van der Waals surface area contributed by atoms with Gasteiger partial charge in [-0.1, -0.05) is 31.7 Å². The summed E-state index contributed by atoms with van der Waals surface area (Å²) in [4.78, 5) is 0. The molecule has 2 rings (SSSR count). The summed E-state index contributed by atoms with van der Waals surface area (Å²) in [5.41, 5.74) is 0.927. The number of rotatable bonds is 6. The minimum Gasteiger partial charge on any atom is -0.493 e. The normalized spacial score (nSPS) is 16.8. The van der Waals surface area contributed by atoms with Crippen LogP contribution in [0.5, 0.6) is 11.5 Å². The number of alkyl halides is 2. The van der Waals surface area contributed by atoms with Crippen LogP contribution in [0.2, 0.25) is 0 Å². The summed E-state index contributed by atoms with van der Waals surface area (Å²) in [6, 6.07) is 5.69. The monoisotopic (exact) mass is 299 g/mol. The second-order valence-corrected chi connectivity index (χ2v) is 5.43. The zero-order valence-electron chi connectivity index (χ0n) is 12.4. The summed E-state index contributed by atoms with van der Waals surface area (Å²) in [6.07, 6.45) is 7.54. The molecule has 1 aliphatic rings. The van der Waals surface area contributed by atoms with Crippen LogP contribution in [0.25, 0.3) is 0 Å². The van der Waals surface area contributed by atoms with Gasteiger partial charge in [0.2, 0.25) is 0 Å². The maximum Gasteiger partial charge on any atom is 0.387 e. The molecule has 118 valence electrons. The van der Waals surface area contributed by atoms with Crippen LogP contribution in [-0.4, -0.2) is 19.8 Å². The molecular weight excluding hydrogens is 276 g/mol. The fourth-order valence-corrected chi connectivity index (χ4v) is 2.76. The molecule has 3 nitrogen and oxygen atoms in total. The van der Waals surface area contributed by atoms with E-state index in [0.717, 1.165) is 5.56 Å². The lowest BCUT2D eigenvalue weighted by Crippen LogP contribution is -2.27. The van der Waals surface area contributed by atoms with Crippen LogP contribution in [0.3, 0.4) is 0 Å². The van der Waals surface area contributed by atoms with Crippen molar-refractivity contribution < 1.29 is 18.3 Å². The summed E-state index contributed by atoms with van der Waals surface area (Å²) >= 11 is 0. The van der Waals surface area contributed by atoms with Gasteiger partial charge in [-0.15, -0.1) is 0 Å². The summed E-state index contributed by atoms with van der Waals surface area (Å²) in [5.74, 6) is 0.418. The number of methoxy groups -OCH3 is 1. The molecular formula is C16H23F2NO2. The molecule has 0 saturated heterocycles. The minimum absolute atomic E-state index is 0.0904. The van der Waals surface area contributed by atoms with E-state index in [2.05, 4.69) is 10.1 Å². The Hall–Kier alpha value is -1.36. The lowest BCUT2D eigenvalue weighted by atomic mass is 10.1. The van der Waals surface area contributed by atoms with E-state index in [1.807, 2.05) is 6.07 Å². The van der Waals surface area contributed by atoms with Crippen LogP contribution < -0.4 is 14.8 Å². The number of halogens is 2. The zero-order chi connectivity index (χ0) is 15.1. The molecule has 5 heteroatoms. The number of benzene rings is 1. The van der Waals surface area contributed by atoms with Crippen LogP contribution in [0, 0.1) is 0 Å². The van der Waals surface area contributed by atoms with Crippen LogP contribution in [0.4, 0.5) is 8.78 Å². The molecule has 0 heterocycles. The first kappa shape index (κ1) is 16.0. The van der Waals surface area contributed by atoms with E-state index in [4.69, 9.17) is 4.74 Å². The van der Waals surface area contributed by atoms with E-state index < -0.39 is 6.61 Å². The van der Waals surface area contributed by atoms with Crippen molar-refractivity contribution in [1.29, 1.82) is 0 Å². The Morgan fingerprint density at radius 2 is 1.86 bits per heavy atom. The van der Waals surface area contributed by atoms with Crippen molar-refractivity contribution in [2.24, 2.45) is 0 Å². The van der Waals surface area contributed by atoms with Crippen molar-refractivity contribution in [1.82, 2.24) is 5.32 Å². The van der Waals surface area contributed by atoms with Gasteiger partial charge in [-0.25, -0.2) is 0 Å². The SMILES string of the molecule is COc1ccc(CNC2CCCCCC2)cc1OC(F)F. The first-order chi connectivity index (χ1) is 10.2. The molecule has 0 aliphatic heterocycles. The van der Waals surface area contributed by atoms with Crippen LogP contribution in [0.1, 0.15) is 44.1 Å². The van der Waals surface area contributed by atoms with Gasteiger partial charge in [0, 0.05) is 12.6 Å². The Bertz CT molecular complexity index is 432. The van der Waals surface area contributed by atoms with Gasteiger partial charge in [-0.3, -0.25) is 0 Å². The number of ether oxygens (including phenoxy) is 2. The van der Waals surface area contributed by atoms with Crippen molar-refractivity contribution in [3.05, 3.63) is 23.8 Å². The average molecular weight is 299 g/mol. The molecule has 1 fully saturated rings. The van der Waals surface area contributed by atoms with Crippen molar-refractivity contribution in [3.63, 3.8) is 0 Å². The third-order valence-electron chi connectivity index (χ3n) is 3.89. The van der Waals surface area contributed by atoms with Gasteiger partial charge >= 0.3 is 6.61 Å². The largest absolute Gasteiger partial charge is 0.493 e. The van der Waals surface area contributed by atoms with Crippen LogP contribution in [0.15, 0.2) is 18.2 Å². The van der Waals surface area contributed by atoms with Crippen molar-refractivity contribution in [2.45, 2.75) is 57.7 Å². The molecule has 0 spiro atoms. The van der Waals surface area contributed by atoms with Gasteiger partial charge in [0.25, 0.3) is 0 Å². The maximum absolute atomic E-state index is 12.4. The molecule has 0 unspecified atom stereocenters. The molecule has 1 aromatic rings. The molecule has 1 aliphatic carbocycles. The van der Waals surface area contributed by atoms with Crippen molar-refractivity contribution in [3.8, 4) is 11.5 Å². The molecule has 0 radical (unpaired) electrons.